The lowest BCUT2D eigenvalue weighted by Gasteiger charge is -2.12. The average Bonchev–Trinajstić information content (AvgIpc) is 2.89. The van der Waals surface area contributed by atoms with Crippen LogP contribution in [0.2, 0.25) is 0 Å². The maximum Gasteiger partial charge on any atom is 0.314 e. The molecule has 23 heavy (non-hydrogen) atoms. The van der Waals surface area contributed by atoms with Crippen LogP contribution in [0.5, 0.6) is 11.5 Å². The monoisotopic (exact) mass is 342 g/mol. The number of nitrogens with one attached hydrogen (secondary N) is 2. The Labute approximate surface area is 136 Å². The highest BCUT2D eigenvalue weighted by atomic mass is 32.2. The van der Waals surface area contributed by atoms with Gasteiger partial charge in [0, 0.05) is 6.54 Å². The van der Waals surface area contributed by atoms with Crippen molar-refractivity contribution in [1.29, 1.82) is 0 Å². The minimum absolute atomic E-state index is 0.00980. The highest BCUT2D eigenvalue weighted by Gasteiger charge is 2.27. The van der Waals surface area contributed by atoms with Crippen molar-refractivity contribution in [2.45, 2.75) is 6.42 Å². The van der Waals surface area contributed by atoms with E-state index >= 15 is 0 Å². The summed E-state index contributed by atoms with van der Waals surface area (Å²) < 4.78 is 33.4. The van der Waals surface area contributed by atoms with Crippen LogP contribution in [0, 0.1) is 5.92 Å². The molecule has 0 unspecified atom stereocenters. The van der Waals surface area contributed by atoms with Gasteiger partial charge in [0.05, 0.1) is 25.2 Å². The van der Waals surface area contributed by atoms with Crippen molar-refractivity contribution >= 4 is 15.9 Å². The smallest absolute Gasteiger partial charge is 0.314 e. The van der Waals surface area contributed by atoms with Crippen molar-refractivity contribution in [3.63, 3.8) is 0 Å². The lowest BCUT2D eigenvalue weighted by Crippen LogP contribution is -2.40. The Hall–Kier alpha value is -1.96. The fourth-order valence-electron chi connectivity index (χ4n) is 2.40. The molecule has 1 aromatic rings. The highest BCUT2D eigenvalue weighted by molar-refractivity contribution is 7.91. The summed E-state index contributed by atoms with van der Waals surface area (Å²) >= 11 is 0. The van der Waals surface area contributed by atoms with Gasteiger partial charge in [-0.05, 0) is 24.5 Å². The van der Waals surface area contributed by atoms with E-state index in [-0.39, 0.29) is 23.5 Å². The van der Waals surface area contributed by atoms with E-state index in [2.05, 4.69) is 10.6 Å². The van der Waals surface area contributed by atoms with Crippen LogP contribution in [0.15, 0.2) is 24.3 Å². The summed E-state index contributed by atoms with van der Waals surface area (Å²) in [5.74, 6) is 1.64. The van der Waals surface area contributed by atoms with E-state index in [9.17, 15) is 13.2 Å². The molecule has 128 valence electrons. The molecular weight excluding hydrogens is 320 g/mol. The summed E-state index contributed by atoms with van der Waals surface area (Å²) in [5.41, 5.74) is 0. The lowest BCUT2D eigenvalue weighted by atomic mass is 10.1. The van der Waals surface area contributed by atoms with E-state index in [1.54, 1.807) is 19.2 Å². The number of urea groups is 1. The van der Waals surface area contributed by atoms with Gasteiger partial charge in [-0.25, -0.2) is 13.2 Å². The predicted octanol–water partition coefficient (Wildman–Crippen LogP) is 0.808. The lowest BCUT2D eigenvalue weighted by molar-refractivity contribution is 0.234. The van der Waals surface area contributed by atoms with Crippen LogP contribution in [0.4, 0.5) is 4.79 Å². The zero-order valence-electron chi connectivity index (χ0n) is 13.1. The number of amides is 2. The van der Waals surface area contributed by atoms with Crippen molar-refractivity contribution in [1.82, 2.24) is 10.6 Å². The number of benzene rings is 1. The Kier molecular flexibility index (Phi) is 6.09. The molecule has 1 atom stereocenters. The van der Waals surface area contributed by atoms with Crippen LogP contribution in [0.3, 0.4) is 0 Å². The van der Waals surface area contributed by atoms with Gasteiger partial charge in [-0.1, -0.05) is 12.1 Å². The average molecular weight is 342 g/mol. The third-order valence-electron chi connectivity index (χ3n) is 3.59. The van der Waals surface area contributed by atoms with Crippen LogP contribution < -0.4 is 20.1 Å². The molecule has 1 heterocycles. The molecule has 2 rings (SSSR count). The van der Waals surface area contributed by atoms with Gasteiger partial charge in [0.25, 0.3) is 0 Å². The Morgan fingerprint density at radius 2 is 2.00 bits per heavy atom. The summed E-state index contributed by atoms with van der Waals surface area (Å²) in [6.07, 6.45) is 0.611. The molecule has 0 aliphatic carbocycles. The van der Waals surface area contributed by atoms with Gasteiger partial charge in [0.2, 0.25) is 0 Å². The topological polar surface area (TPSA) is 93.7 Å². The zero-order chi connectivity index (χ0) is 16.7. The highest BCUT2D eigenvalue weighted by Crippen LogP contribution is 2.25. The quantitative estimate of drug-likeness (QED) is 0.715. The number of para-hydroxylation sites is 2. The van der Waals surface area contributed by atoms with E-state index in [1.165, 1.54) is 0 Å². The van der Waals surface area contributed by atoms with Crippen LogP contribution in [-0.2, 0) is 9.84 Å². The van der Waals surface area contributed by atoms with Gasteiger partial charge >= 0.3 is 6.03 Å². The van der Waals surface area contributed by atoms with Crippen molar-refractivity contribution in [2.75, 3.05) is 38.3 Å². The second kappa shape index (κ2) is 8.05. The maximum atomic E-state index is 11.6. The number of carbonyl (C=O) groups excluding carboxylic acids is 1. The van der Waals surface area contributed by atoms with E-state index in [4.69, 9.17) is 9.47 Å². The van der Waals surface area contributed by atoms with E-state index in [1.807, 2.05) is 12.1 Å². The van der Waals surface area contributed by atoms with Gasteiger partial charge in [-0.3, -0.25) is 0 Å². The van der Waals surface area contributed by atoms with Gasteiger partial charge < -0.3 is 20.1 Å². The van der Waals surface area contributed by atoms with Crippen LogP contribution in [-0.4, -0.2) is 52.8 Å². The zero-order valence-corrected chi connectivity index (χ0v) is 13.9. The fourth-order valence-corrected chi connectivity index (χ4v) is 4.26. The molecule has 1 saturated heterocycles. The first kappa shape index (κ1) is 17.4. The van der Waals surface area contributed by atoms with E-state index in [0.29, 0.717) is 37.6 Å². The second-order valence-corrected chi connectivity index (χ2v) is 7.63. The Morgan fingerprint density at radius 1 is 1.26 bits per heavy atom. The number of ether oxygens (including phenoxy) is 2. The fraction of sp³-hybridized carbons (Fsp3) is 0.533. The van der Waals surface area contributed by atoms with E-state index in [0.717, 1.165) is 0 Å². The summed E-state index contributed by atoms with van der Waals surface area (Å²) in [5, 5.41) is 5.36. The maximum absolute atomic E-state index is 11.6. The summed E-state index contributed by atoms with van der Waals surface area (Å²) in [4.78, 5) is 11.6. The molecule has 1 aliphatic heterocycles. The first-order valence-corrected chi connectivity index (χ1v) is 9.30. The van der Waals surface area contributed by atoms with Crippen molar-refractivity contribution in [3.05, 3.63) is 24.3 Å². The Balaban J connectivity index is 1.62. The molecule has 0 radical (unpaired) electrons. The Morgan fingerprint density at radius 3 is 2.65 bits per heavy atom. The molecule has 0 aromatic heterocycles. The minimum atomic E-state index is -2.91. The molecule has 0 bridgehead atoms. The van der Waals surface area contributed by atoms with Crippen molar-refractivity contribution in [3.8, 4) is 11.5 Å². The molecule has 7 nitrogen and oxygen atoms in total. The number of rotatable bonds is 7. The summed E-state index contributed by atoms with van der Waals surface area (Å²) in [6.45, 7) is 1.02. The SMILES string of the molecule is COc1ccccc1OCCNC(=O)NC[C@@H]1CCS(=O)(=O)C1. The molecule has 1 aliphatic rings. The third kappa shape index (κ3) is 5.63. The molecule has 8 heteroatoms. The molecule has 0 spiro atoms. The van der Waals surface area contributed by atoms with Crippen molar-refractivity contribution in [2.24, 2.45) is 5.92 Å². The summed E-state index contributed by atoms with van der Waals surface area (Å²) in [6, 6.07) is 6.96. The largest absolute Gasteiger partial charge is 0.493 e. The molecule has 1 aromatic carbocycles. The van der Waals surface area contributed by atoms with Crippen LogP contribution >= 0.6 is 0 Å². The Bertz CT molecular complexity index is 633. The van der Waals surface area contributed by atoms with E-state index < -0.39 is 9.84 Å². The standard InChI is InChI=1S/C15H22N2O5S/c1-21-13-4-2-3-5-14(13)22-8-7-16-15(18)17-10-12-6-9-23(19,20)11-12/h2-5,12H,6-11H2,1H3,(H2,16,17,18)/t12-/m0/s1. The van der Waals surface area contributed by atoms with Gasteiger partial charge in [-0.2, -0.15) is 0 Å². The molecule has 2 amide bonds. The first-order valence-electron chi connectivity index (χ1n) is 7.48. The molecule has 1 fully saturated rings. The number of carbonyl (C=O) groups is 1. The predicted molar refractivity (Wildman–Crippen MR) is 86.7 cm³/mol. The van der Waals surface area contributed by atoms with Gasteiger partial charge in [0.1, 0.15) is 6.61 Å². The second-order valence-electron chi connectivity index (χ2n) is 5.41. The van der Waals surface area contributed by atoms with Gasteiger partial charge in [0.15, 0.2) is 21.3 Å². The third-order valence-corrected chi connectivity index (χ3v) is 5.43. The molecule has 2 N–H and O–H groups in total. The summed E-state index contributed by atoms with van der Waals surface area (Å²) in [7, 11) is -1.34. The minimum Gasteiger partial charge on any atom is -0.493 e. The van der Waals surface area contributed by atoms with Crippen LogP contribution in [0.1, 0.15) is 6.42 Å². The molecule has 0 saturated carbocycles. The van der Waals surface area contributed by atoms with Crippen LogP contribution in [0.25, 0.3) is 0 Å². The number of hydrogen-bond acceptors (Lipinski definition) is 5. The first-order chi connectivity index (χ1) is 11.0. The number of methoxy groups -OCH3 is 1. The number of hydrogen-bond donors (Lipinski definition) is 2. The van der Waals surface area contributed by atoms with Gasteiger partial charge in [-0.15, -0.1) is 0 Å². The van der Waals surface area contributed by atoms with Crippen molar-refractivity contribution < 1.29 is 22.7 Å². The normalized spacial score (nSPS) is 19.1. The number of sulfone groups is 1. The molecular formula is C15H22N2O5S.